The van der Waals surface area contributed by atoms with Crippen molar-refractivity contribution in [2.24, 2.45) is 0 Å². The number of rotatable bonds is 2. The van der Waals surface area contributed by atoms with E-state index in [1.165, 1.54) is 58.4 Å². The first-order valence-electron chi connectivity index (χ1n) is 13.2. The number of aromatic nitrogens is 3. The third-order valence-electron chi connectivity index (χ3n) is 7.91. The lowest BCUT2D eigenvalue weighted by molar-refractivity contribution is 1.11. The van der Waals surface area contributed by atoms with Gasteiger partial charge in [0.05, 0.1) is 21.4 Å². The third kappa shape index (κ3) is 2.84. The van der Waals surface area contributed by atoms with Crippen LogP contribution in [0.3, 0.4) is 0 Å². The lowest BCUT2D eigenvalue weighted by Gasteiger charge is -2.10. The van der Waals surface area contributed by atoms with Gasteiger partial charge < -0.3 is 0 Å². The second-order valence-corrected chi connectivity index (χ2v) is 11.1. The van der Waals surface area contributed by atoms with Gasteiger partial charge in [0, 0.05) is 42.7 Å². The van der Waals surface area contributed by atoms with Crippen molar-refractivity contribution in [3.8, 4) is 11.4 Å². The molecule has 0 aliphatic carbocycles. The van der Waals surface area contributed by atoms with Gasteiger partial charge in [-0.3, -0.25) is 9.13 Å². The fraction of sp³-hybridized carbons (Fsp3) is 0. The van der Waals surface area contributed by atoms with Crippen molar-refractivity contribution < 1.29 is 0 Å². The molecule has 4 heterocycles. The van der Waals surface area contributed by atoms with Crippen LogP contribution >= 0.6 is 11.3 Å². The average molecular weight is 516 g/mol. The summed E-state index contributed by atoms with van der Waals surface area (Å²) in [7, 11) is 0. The summed E-state index contributed by atoms with van der Waals surface area (Å²) in [5, 5.41) is 7.38. The molecule has 0 aliphatic heterocycles. The van der Waals surface area contributed by atoms with Crippen molar-refractivity contribution in [2.75, 3.05) is 0 Å². The summed E-state index contributed by atoms with van der Waals surface area (Å²) in [6.07, 6.45) is 0. The lowest BCUT2D eigenvalue weighted by atomic mass is 10.1. The Kier molecular flexibility index (Phi) is 4.21. The summed E-state index contributed by atoms with van der Waals surface area (Å²) < 4.78 is 7.26. The highest BCUT2D eigenvalue weighted by Crippen LogP contribution is 2.42. The molecule has 3 nitrogen and oxygen atoms in total. The molecule has 182 valence electrons. The smallest absolute Gasteiger partial charge is 0.148 e. The summed E-state index contributed by atoms with van der Waals surface area (Å²) in [6.45, 7) is 0. The van der Waals surface area contributed by atoms with Gasteiger partial charge in [-0.25, -0.2) is 4.98 Å². The van der Waals surface area contributed by atoms with E-state index >= 15 is 0 Å². The normalized spacial score (nSPS) is 12.1. The number of hydrogen-bond acceptors (Lipinski definition) is 2. The van der Waals surface area contributed by atoms with E-state index in [9.17, 15) is 0 Å². The van der Waals surface area contributed by atoms with Gasteiger partial charge in [-0.2, -0.15) is 0 Å². The Balaban J connectivity index is 1.48. The summed E-state index contributed by atoms with van der Waals surface area (Å²) in [6, 6.07) is 45.6. The van der Waals surface area contributed by atoms with E-state index in [0.29, 0.717) is 0 Å². The molecule has 5 aromatic carbocycles. The number of nitrogens with zero attached hydrogens (tertiary/aromatic N) is 3. The Morgan fingerprint density at radius 3 is 1.82 bits per heavy atom. The van der Waals surface area contributed by atoms with Crippen LogP contribution in [0.5, 0.6) is 0 Å². The van der Waals surface area contributed by atoms with E-state index in [1.807, 2.05) is 11.3 Å². The summed E-state index contributed by atoms with van der Waals surface area (Å²) >= 11 is 1.86. The Morgan fingerprint density at radius 1 is 0.462 bits per heavy atom. The lowest BCUT2D eigenvalue weighted by Crippen LogP contribution is -1.98. The van der Waals surface area contributed by atoms with Gasteiger partial charge >= 0.3 is 0 Å². The zero-order chi connectivity index (χ0) is 25.5. The molecular weight excluding hydrogens is 494 g/mol. The van der Waals surface area contributed by atoms with E-state index in [2.05, 4.69) is 137 Å². The van der Waals surface area contributed by atoms with Crippen LogP contribution < -0.4 is 0 Å². The van der Waals surface area contributed by atoms with Gasteiger partial charge in [-0.1, -0.05) is 84.9 Å². The molecule has 4 aromatic heterocycles. The Hall–Kier alpha value is -4.93. The molecule has 0 spiro atoms. The number of hydrogen-bond donors (Lipinski definition) is 0. The minimum absolute atomic E-state index is 0.975. The molecular formula is C35H21N3S. The van der Waals surface area contributed by atoms with Crippen molar-refractivity contribution in [3.63, 3.8) is 0 Å². The van der Waals surface area contributed by atoms with Crippen LogP contribution in [-0.4, -0.2) is 14.1 Å². The maximum absolute atomic E-state index is 5.50. The maximum Gasteiger partial charge on any atom is 0.148 e. The molecule has 9 rings (SSSR count). The van der Waals surface area contributed by atoms with Crippen LogP contribution in [0.4, 0.5) is 0 Å². The van der Waals surface area contributed by atoms with Gasteiger partial charge in [0.1, 0.15) is 11.3 Å². The van der Waals surface area contributed by atoms with Gasteiger partial charge in [0.15, 0.2) is 0 Å². The molecule has 0 saturated heterocycles. The van der Waals surface area contributed by atoms with Gasteiger partial charge in [-0.15, -0.1) is 11.3 Å². The zero-order valence-corrected chi connectivity index (χ0v) is 21.7. The highest BCUT2D eigenvalue weighted by Gasteiger charge is 2.21. The third-order valence-corrected chi connectivity index (χ3v) is 9.12. The average Bonchev–Trinajstić information content (AvgIpc) is 3.64. The first-order valence-corrected chi connectivity index (χ1v) is 14.0. The SMILES string of the molecule is c1ccc(-n2c3ccccc3c3cc4c5ccccc5n(-c5cccc6c5sc5ccccc56)c4nc32)cc1. The zero-order valence-electron chi connectivity index (χ0n) is 20.9. The molecule has 4 heteroatoms. The summed E-state index contributed by atoms with van der Waals surface area (Å²) in [4.78, 5) is 5.50. The van der Waals surface area contributed by atoms with E-state index in [1.54, 1.807) is 0 Å². The fourth-order valence-electron chi connectivity index (χ4n) is 6.24. The van der Waals surface area contributed by atoms with E-state index in [0.717, 1.165) is 17.0 Å². The van der Waals surface area contributed by atoms with Crippen LogP contribution in [0.2, 0.25) is 0 Å². The number of pyridine rings is 1. The van der Waals surface area contributed by atoms with Gasteiger partial charge in [0.2, 0.25) is 0 Å². The number of thiophene rings is 1. The molecule has 9 aromatic rings. The van der Waals surface area contributed by atoms with Crippen molar-refractivity contribution >= 4 is 75.4 Å². The van der Waals surface area contributed by atoms with Crippen molar-refractivity contribution in [3.05, 3.63) is 127 Å². The van der Waals surface area contributed by atoms with E-state index in [4.69, 9.17) is 4.98 Å². The van der Waals surface area contributed by atoms with Gasteiger partial charge in [-0.05, 0) is 42.5 Å². The van der Waals surface area contributed by atoms with Crippen LogP contribution in [0, 0.1) is 0 Å². The molecule has 0 unspecified atom stereocenters. The van der Waals surface area contributed by atoms with Crippen molar-refractivity contribution in [1.29, 1.82) is 0 Å². The predicted molar refractivity (Wildman–Crippen MR) is 166 cm³/mol. The van der Waals surface area contributed by atoms with E-state index < -0.39 is 0 Å². The molecule has 0 bridgehead atoms. The molecule has 39 heavy (non-hydrogen) atoms. The first kappa shape index (κ1) is 21.1. The molecule has 0 N–H and O–H groups in total. The van der Waals surface area contributed by atoms with Crippen LogP contribution in [0.15, 0.2) is 127 Å². The Labute approximate surface area is 227 Å². The molecule has 0 saturated carbocycles. The Bertz CT molecular complexity index is 2390. The monoisotopic (exact) mass is 515 g/mol. The Morgan fingerprint density at radius 2 is 1.05 bits per heavy atom. The summed E-state index contributed by atoms with van der Waals surface area (Å²) in [5.41, 5.74) is 6.59. The number of para-hydroxylation sites is 3. The second kappa shape index (κ2) is 7.79. The minimum Gasteiger partial charge on any atom is -0.294 e. The maximum atomic E-state index is 5.50. The van der Waals surface area contributed by atoms with Crippen LogP contribution in [0.1, 0.15) is 0 Å². The summed E-state index contributed by atoms with van der Waals surface area (Å²) in [5.74, 6) is 0. The minimum atomic E-state index is 0.975. The quantitative estimate of drug-likeness (QED) is 0.225. The largest absolute Gasteiger partial charge is 0.294 e. The molecule has 0 atom stereocenters. The highest BCUT2D eigenvalue weighted by molar-refractivity contribution is 7.26. The molecule has 0 amide bonds. The number of benzene rings is 5. The molecule has 0 radical (unpaired) electrons. The first-order chi connectivity index (χ1) is 19.4. The topological polar surface area (TPSA) is 22.8 Å². The standard InChI is InChI=1S/C35H21N3S/c1-2-11-22(12-3-1)37-29-17-7-4-13-23(29)27-21-28-24-14-5-8-18-30(24)38(35(28)36-34(27)37)31-19-10-16-26-25-15-6-9-20-32(25)39-33(26)31/h1-21H. The second-order valence-electron chi connectivity index (χ2n) is 10.0. The molecule has 0 aliphatic rings. The highest BCUT2D eigenvalue weighted by atomic mass is 32.1. The van der Waals surface area contributed by atoms with Crippen LogP contribution in [0.25, 0.3) is 75.4 Å². The van der Waals surface area contributed by atoms with Gasteiger partial charge in [0.25, 0.3) is 0 Å². The van der Waals surface area contributed by atoms with Crippen molar-refractivity contribution in [2.45, 2.75) is 0 Å². The fourth-order valence-corrected chi connectivity index (χ4v) is 7.45. The van der Waals surface area contributed by atoms with Crippen molar-refractivity contribution in [1.82, 2.24) is 14.1 Å². The van der Waals surface area contributed by atoms with E-state index in [-0.39, 0.29) is 0 Å². The molecule has 0 fully saturated rings. The van der Waals surface area contributed by atoms with Crippen LogP contribution in [-0.2, 0) is 0 Å². The predicted octanol–water partition coefficient (Wildman–Crippen LogP) is 9.64. The number of fused-ring (bicyclic) bond motifs is 9.